The van der Waals surface area contributed by atoms with Crippen molar-refractivity contribution in [2.75, 3.05) is 5.32 Å². The van der Waals surface area contributed by atoms with E-state index in [9.17, 15) is 22.8 Å². The van der Waals surface area contributed by atoms with Crippen molar-refractivity contribution in [3.05, 3.63) is 105 Å². The number of carbonyl (C=O) groups excluding carboxylic acids is 1. The second-order valence-electron chi connectivity index (χ2n) is 7.60. The van der Waals surface area contributed by atoms with E-state index in [0.717, 1.165) is 5.56 Å². The van der Waals surface area contributed by atoms with Crippen LogP contribution < -0.4 is 15.6 Å². The van der Waals surface area contributed by atoms with E-state index >= 15 is 0 Å². The van der Waals surface area contributed by atoms with Crippen molar-refractivity contribution in [2.45, 2.75) is 19.8 Å². The van der Waals surface area contributed by atoms with Crippen LogP contribution in [-0.4, -0.2) is 16.8 Å². The second kappa shape index (κ2) is 9.23. The molecule has 4 aromatic rings. The Morgan fingerprint density at radius 3 is 2.41 bits per heavy atom. The first-order valence-corrected chi connectivity index (χ1v) is 10.5. The van der Waals surface area contributed by atoms with Crippen LogP contribution in [0.5, 0.6) is 5.75 Å². The van der Waals surface area contributed by atoms with Gasteiger partial charge >= 0.3 is 6.36 Å². The quantitative estimate of drug-likeness (QED) is 0.367. The van der Waals surface area contributed by atoms with Gasteiger partial charge in [0.1, 0.15) is 5.75 Å². The molecule has 3 aromatic carbocycles. The average molecular weight is 487 g/mol. The first kappa shape index (κ1) is 23.4. The summed E-state index contributed by atoms with van der Waals surface area (Å²) in [5, 5.41) is 4.10. The van der Waals surface area contributed by atoms with Crippen LogP contribution in [0.2, 0.25) is 5.02 Å². The fraction of sp³-hybridized carbons (Fsp3) is 0.120. The fourth-order valence-corrected chi connectivity index (χ4v) is 3.77. The minimum atomic E-state index is -4.77. The molecule has 0 fully saturated rings. The van der Waals surface area contributed by atoms with E-state index < -0.39 is 12.3 Å². The van der Waals surface area contributed by atoms with E-state index in [4.69, 9.17) is 11.6 Å². The Bertz CT molecular complexity index is 1430. The second-order valence-corrected chi connectivity index (χ2v) is 7.98. The monoisotopic (exact) mass is 486 g/mol. The molecule has 9 heteroatoms. The molecule has 0 unspecified atom stereocenters. The SMILES string of the molecule is Cc1cccc(C(=O)Nc2cccc3c(=O)n(Cc4ccc(OC(F)(F)F)cc4)ccc23)c1Cl. The van der Waals surface area contributed by atoms with E-state index in [1.54, 1.807) is 55.6 Å². The Labute approximate surface area is 197 Å². The number of pyridine rings is 1. The van der Waals surface area contributed by atoms with Crippen molar-refractivity contribution in [1.29, 1.82) is 0 Å². The average Bonchev–Trinajstić information content (AvgIpc) is 2.78. The summed E-state index contributed by atoms with van der Waals surface area (Å²) in [6, 6.07) is 17.1. The van der Waals surface area contributed by atoms with E-state index in [-0.39, 0.29) is 17.9 Å². The Morgan fingerprint density at radius 1 is 1.00 bits per heavy atom. The third-order valence-corrected chi connectivity index (χ3v) is 5.71. The molecule has 0 saturated carbocycles. The van der Waals surface area contributed by atoms with Gasteiger partial charge in [-0.05, 0) is 54.4 Å². The largest absolute Gasteiger partial charge is 0.573 e. The maximum absolute atomic E-state index is 13.0. The minimum Gasteiger partial charge on any atom is -0.406 e. The van der Waals surface area contributed by atoms with Gasteiger partial charge in [0.25, 0.3) is 11.5 Å². The van der Waals surface area contributed by atoms with Gasteiger partial charge in [-0.25, -0.2) is 0 Å². The molecular formula is C25H18ClF3N2O3. The Balaban J connectivity index is 1.60. The zero-order valence-electron chi connectivity index (χ0n) is 17.8. The van der Waals surface area contributed by atoms with Crippen LogP contribution in [0.1, 0.15) is 21.5 Å². The Morgan fingerprint density at radius 2 is 1.71 bits per heavy atom. The maximum atomic E-state index is 13.0. The van der Waals surface area contributed by atoms with Crippen LogP contribution >= 0.6 is 11.6 Å². The number of aromatic nitrogens is 1. The maximum Gasteiger partial charge on any atom is 0.573 e. The molecule has 1 amide bonds. The van der Waals surface area contributed by atoms with Gasteiger partial charge < -0.3 is 14.6 Å². The normalized spacial score (nSPS) is 11.4. The third-order valence-electron chi connectivity index (χ3n) is 5.21. The standard InChI is InChI=1S/C25H18ClF3N2O3/c1-15-4-2-6-20(22(15)26)23(32)30-21-7-3-5-19-18(21)12-13-31(24(19)33)14-16-8-10-17(11-9-16)34-25(27,28)29/h2-13H,14H2,1H3,(H,30,32). The predicted molar refractivity (Wildman–Crippen MR) is 125 cm³/mol. The number of carbonyl (C=O) groups is 1. The highest BCUT2D eigenvalue weighted by Crippen LogP contribution is 2.26. The molecule has 0 radical (unpaired) electrons. The lowest BCUT2D eigenvalue weighted by Gasteiger charge is -2.13. The van der Waals surface area contributed by atoms with Crippen LogP contribution in [0.15, 0.2) is 77.7 Å². The number of ether oxygens (including phenoxy) is 1. The van der Waals surface area contributed by atoms with Crippen LogP contribution in [0.3, 0.4) is 0 Å². The van der Waals surface area contributed by atoms with Gasteiger partial charge in [0, 0.05) is 22.7 Å². The highest BCUT2D eigenvalue weighted by Gasteiger charge is 2.30. The first-order valence-electron chi connectivity index (χ1n) is 10.2. The molecule has 0 spiro atoms. The number of nitrogens with zero attached hydrogens (tertiary/aromatic N) is 1. The first-order chi connectivity index (χ1) is 16.1. The van der Waals surface area contributed by atoms with Crippen molar-refractivity contribution >= 4 is 34.0 Å². The number of rotatable bonds is 5. The topological polar surface area (TPSA) is 60.3 Å². The molecule has 0 aliphatic rings. The summed E-state index contributed by atoms with van der Waals surface area (Å²) < 4.78 is 42.3. The summed E-state index contributed by atoms with van der Waals surface area (Å²) in [6.07, 6.45) is -3.20. The van der Waals surface area contributed by atoms with Crippen molar-refractivity contribution in [2.24, 2.45) is 0 Å². The van der Waals surface area contributed by atoms with Gasteiger partial charge in [-0.2, -0.15) is 0 Å². The molecule has 34 heavy (non-hydrogen) atoms. The molecular weight excluding hydrogens is 469 g/mol. The predicted octanol–water partition coefficient (Wildman–Crippen LogP) is 6.16. The van der Waals surface area contributed by atoms with Crippen molar-refractivity contribution in [1.82, 2.24) is 4.57 Å². The summed E-state index contributed by atoms with van der Waals surface area (Å²) in [6.45, 7) is 1.95. The number of hydrogen-bond acceptors (Lipinski definition) is 3. The number of benzene rings is 3. The molecule has 174 valence electrons. The molecule has 1 aromatic heterocycles. The van der Waals surface area contributed by atoms with E-state index in [0.29, 0.717) is 32.6 Å². The van der Waals surface area contributed by atoms with Gasteiger partial charge in [-0.1, -0.05) is 41.9 Å². The number of alkyl halides is 3. The number of fused-ring (bicyclic) bond motifs is 1. The fourth-order valence-electron chi connectivity index (χ4n) is 3.56. The molecule has 0 aliphatic heterocycles. The molecule has 1 N–H and O–H groups in total. The zero-order valence-corrected chi connectivity index (χ0v) is 18.6. The number of hydrogen-bond donors (Lipinski definition) is 1. The lowest BCUT2D eigenvalue weighted by Crippen LogP contribution is -2.21. The van der Waals surface area contributed by atoms with Gasteiger partial charge in [0.05, 0.1) is 17.1 Å². The molecule has 0 saturated heterocycles. The molecule has 4 rings (SSSR count). The van der Waals surface area contributed by atoms with Crippen LogP contribution in [-0.2, 0) is 6.54 Å². The highest BCUT2D eigenvalue weighted by atomic mass is 35.5. The minimum absolute atomic E-state index is 0.149. The lowest BCUT2D eigenvalue weighted by molar-refractivity contribution is -0.274. The Kier molecular flexibility index (Phi) is 6.34. The summed E-state index contributed by atoms with van der Waals surface area (Å²) in [5.74, 6) is -0.734. The molecule has 0 atom stereocenters. The van der Waals surface area contributed by atoms with Crippen LogP contribution in [0, 0.1) is 6.92 Å². The van der Waals surface area contributed by atoms with Crippen molar-refractivity contribution in [3.8, 4) is 5.75 Å². The zero-order chi connectivity index (χ0) is 24.5. The van der Waals surface area contributed by atoms with Crippen molar-refractivity contribution < 1.29 is 22.7 Å². The number of halogens is 4. The van der Waals surface area contributed by atoms with Crippen LogP contribution in [0.4, 0.5) is 18.9 Å². The number of amides is 1. The van der Waals surface area contributed by atoms with Gasteiger partial charge in [-0.15, -0.1) is 13.2 Å². The summed E-state index contributed by atoms with van der Waals surface area (Å²) >= 11 is 6.26. The third kappa shape index (κ3) is 5.07. The number of nitrogens with one attached hydrogen (secondary N) is 1. The van der Waals surface area contributed by atoms with Gasteiger partial charge in [0.2, 0.25) is 0 Å². The molecule has 1 heterocycles. The summed E-state index contributed by atoms with van der Waals surface area (Å²) in [4.78, 5) is 25.8. The number of anilines is 1. The number of aryl methyl sites for hydroxylation is 1. The van der Waals surface area contributed by atoms with Gasteiger partial charge in [-0.3, -0.25) is 9.59 Å². The molecule has 0 aliphatic carbocycles. The van der Waals surface area contributed by atoms with Crippen LogP contribution in [0.25, 0.3) is 10.8 Å². The molecule has 5 nitrogen and oxygen atoms in total. The van der Waals surface area contributed by atoms with E-state index in [1.807, 2.05) is 0 Å². The highest BCUT2D eigenvalue weighted by molar-refractivity contribution is 6.35. The Hall–Kier alpha value is -3.78. The lowest BCUT2D eigenvalue weighted by atomic mass is 10.1. The van der Waals surface area contributed by atoms with E-state index in [2.05, 4.69) is 10.1 Å². The smallest absolute Gasteiger partial charge is 0.406 e. The summed E-state index contributed by atoms with van der Waals surface area (Å²) in [7, 11) is 0. The van der Waals surface area contributed by atoms with Crippen molar-refractivity contribution in [3.63, 3.8) is 0 Å². The summed E-state index contributed by atoms with van der Waals surface area (Å²) in [5.41, 5.74) is 1.86. The van der Waals surface area contributed by atoms with Gasteiger partial charge in [0.15, 0.2) is 0 Å². The molecule has 0 bridgehead atoms. The van der Waals surface area contributed by atoms with E-state index in [1.165, 1.54) is 28.8 Å².